The van der Waals surface area contributed by atoms with Gasteiger partial charge >= 0.3 is 6.03 Å². The minimum atomic E-state index is -1.26. The van der Waals surface area contributed by atoms with Crippen molar-refractivity contribution in [3.63, 3.8) is 0 Å². The van der Waals surface area contributed by atoms with Gasteiger partial charge in [-0.05, 0) is 69.0 Å². The SMILES string of the molecule is CCC(CC)N(C(=O)NC[C@@](C)(O)c1ccco1)c1ccc(C)c(C)c1. The quantitative estimate of drug-likeness (QED) is 0.765. The number of hydrogen-bond acceptors (Lipinski definition) is 3. The minimum Gasteiger partial charge on any atom is -0.466 e. The molecule has 0 radical (unpaired) electrons. The molecule has 0 saturated carbocycles. The summed E-state index contributed by atoms with van der Waals surface area (Å²) < 4.78 is 5.28. The molecular weight excluding hydrogens is 328 g/mol. The average molecular weight is 358 g/mol. The molecule has 0 saturated heterocycles. The van der Waals surface area contributed by atoms with Gasteiger partial charge in [-0.15, -0.1) is 0 Å². The molecule has 2 amide bonds. The van der Waals surface area contributed by atoms with Crippen LogP contribution < -0.4 is 10.2 Å². The summed E-state index contributed by atoms with van der Waals surface area (Å²) in [6, 6.07) is 9.35. The Hall–Kier alpha value is -2.27. The molecule has 1 atom stereocenters. The predicted octanol–water partition coefficient (Wildman–Crippen LogP) is 4.51. The molecule has 2 N–H and O–H groups in total. The van der Waals surface area contributed by atoms with Crippen molar-refractivity contribution in [1.82, 2.24) is 5.32 Å². The molecule has 0 fully saturated rings. The average Bonchev–Trinajstić information content (AvgIpc) is 3.16. The lowest BCUT2D eigenvalue weighted by molar-refractivity contribution is 0.0369. The number of benzene rings is 1. The Bertz CT molecular complexity index is 719. The Morgan fingerprint density at radius 3 is 2.46 bits per heavy atom. The van der Waals surface area contributed by atoms with Crippen LogP contribution in [0.25, 0.3) is 0 Å². The number of carbonyl (C=O) groups excluding carboxylic acids is 1. The largest absolute Gasteiger partial charge is 0.466 e. The van der Waals surface area contributed by atoms with Crippen LogP contribution >= 0.6 is 0 Å². The van der Waals surface area contributed by atoms with Crippen molar-refractivity contribution >= 4 is 11.7 Å². The number of urea groups is 1. The highest BCUT2D eigenvalue weighted by atomic mass is 16.4. The number of aryl methyl sites for hydroxylation is 2. The van der Waals surface area contributed by atoms with E-state index < -0.39 is 5.60 Å². The second kappa shape index (κ2) is 8.41. The molecule has 5 heteroatoms. The van der Waals surface area contributed by atoms with Gasteiger partial charge in [-0.1, -0.05) is 19.9 Å². The molecule has 2 rings (SSSR count). The monoisotopic (exact) mass is 358 g/mol. The van der Waals surface area contributed by atoms with Crippen LogP contribution in [0.5, 0.6) is 0 Å². The van der Waals surface area contributed by atoms with Gasteiger partial charge in [0.25, 0.3) is 0 Å². The summed E-state index contributed by atoms with van der Waals surface area (Å²) in [4.78, 5) is 14.8. The van der Waals surface area contributed by atoms with Crippen LogP contribution in [-0.2, 0) is 5.60 Å². The zero-order valence-corrected chi connectivity index (χ0v) is 16.4. The molecule has 1 aromatic heterocycles. The van der Waals surface area contributed by atoms with E-state index in [0.29, 0.717) is 5.76 Å². The molecule has 0 aliphatic rings. The summed E-state index contributed by atoms with van der Waals surface area (Å²) >= 11 is 0. The highest BCUT2D eigenvalue weighted by Crippen LogP contribution is 2.25. The van der Waals surface area contributed by atoms with Crippen LogP contribution in [0, 0.1) is 13.8 Å². The van der Waals surface area contributed by atoms with E-state index in [2.05, 4.69) is 26.1 Å². The highest BCUT2D eigenvalue weighted by molar-refractivity contribution is 5.92. The second-order valence-electron chi connectivity index (χ2n) is 7.02. The fourth-order valence-electron chi connectivity index (χ4n) is 3.03. The first kappa shape index (κ1) is 20.0. The molecule has 142 valence electrons. The van der Waals surface area contributed by atoms with Crippen LogP contribution in [0.15, 0.2) is 41.0 Å². The molecular formula is C21H30N2O3. The third-order valence-electron chi connectivity index (χ3n) is 4.93. The normalized spacial score (nSPS) is 13.5. The van der Waals surface area contributed by atoms with Gasteiger partial charge in [0.05, 0.1) is 12.8 Å². The predicted molar refractivity (Wildman–Crippen MR) is 104 cm³/mol. The van der Waals surface area contributed by atoms with Crippen molar-refractivity contribution in [3.8, 4) is 0 Å². The molecule has 0 bridgehead atoms. The van der Waals surface area contributed by atoms with Crippen LogP contribution in [0.3, 0.4) is 0 Å². The van der Waals surface area contributed by atoms with Crippen molar-refractivity contribution in [2.45, 2.75) is 59.1 Å². The number of furan rings is 1. The van der Waals surface area contributed by atoms with Crippen molar-refractivity contribution in [3.05, 3.63) is 53.5 Å². The van der Waals surface area contributed by atoms with Crippen LogP contribution in [0.4, 0.5) is 10.5 Å². The Balaban J connectivity index is 2.22. The topological polar surface area (TPSA) is 65.7 Å². The highest BCUT2D eigenvalue weighted by Gasteiger charge is 2.29. The fraction of sp³-hybridized carbons (Fsp3) is 0.476. The van der Waals surface area contributed by atoms with Gasteiger partial charge in [-0.25, -0.2) is 4.79 Å². The van der Waals surface area contributed by atoms with E-state index in [1.54, 1.807) is 24.0 Å². The summed E-state index contributed by atoms with van der Waals surface area (Å²) in [5.41, 5.74) is 1.95. The van der Waals surface area contributed by atoms with Gasteiger partial charge < -0.3 is 14.8 Å². The molecule has 0 aliphatic carbocycles. The van der Waals surface area contributed by atoms with Crippen molar-refractivity contribution in [2.24, 2.45) is 0 Å². The van der Waals surface area contributed by atoms with E-state index in [9.17, 15) is 9.90 Å². The molecule has 1 aromatic carbocycles. The third-order valence-corrected chi connectivity index (χ3v) is 4.93. The maximum Gasteiger partial charge on any atom is 0.322 e. The number of aliphatic hydroxyl groups is 1. The van der Waals surface area contributed by atoms with E-state index in [-0.39, 0.29) is 18.6 Å². The van der Waals surface area contributed by atoms with Crippen molar-refractivity contribution in [2.75, 3.05) is 11.4 Å². The lowest BCUT2D eigenvalue weighted by atomic mass is 10.0. The first-order valence-corrected chi connectivity index (χ1v) is 9.20. The molecule has 0 aliphatic heterocycles. The number of anilines is 1. The standard InChI is InChI=1S/C21H30N2O3/c1-6-17(7-2)23(18-11-10-15(3)16(4)13-18)20(24)22-14-21(5,25)19-9-8-12-26-19/h8-13,17,25H,6-7,14H2,1-5H3,(H,22,24)/t21-/m1/s1. The van der Waals surface area contributed by atoms with E-state index in [1.165, 1.54) is 11.8 Å². The summed E-state index contributed by atoms with van der Waals surface area (Å²) in [7, 11) is 0. The second-order valence-corrected chi connectivity index (χ2v) is 7.02. The van der Waals surface area contributed by atoms with Gasteiger partial charge in [0.2, 0.25) is 0 Å². The molecule has 0 spiro atoms. The van der Waals surface area contributed by atoms with E-state index in [1.807, 2.05) is 25.1 Å². The Morgan fingerprint density at radius 2 is 1.92 bits per heavy atom. The van der Waals surface area contributed by atoms with E-state index >= 15 is 0 Å². The number of nitrogens with one attached hydrogen (secondary N) is 1. The molecule has 5 nitrogen and oxygen atoms in total. The van der Waals surface area contributed by atoms with Gasteiger partial charge in [-0.2, -0.15) is 0 Å². The van der Waals surface area contributed by atoms with Crippen molar-refractivity contribution in [1.29, 1.82) is 0 Å². The lowest BCUT2D eigenvalue weighted by Gasteiger charge is -2.32. The van der Waals surface area contributed by atoms with Crippen molar-refractivity contribution < 1.29 is 14.3 Å². The number of carbonyl (C=O) groups is 1. The number of nitrogens with zero attached hydrogens (tertiary/aromatic N) is 1. The van der Waals surface area contributed by atoms with Crippen LogP contribution in [0.1, 0.15) is 50.5 Å². The Kier molecular flexibility index (Phi) is 6.48. The zero-order valence-electron chi connectivity index (χ0n) is 16.4. The summed E-state index contributed by atoms with van der Waals surface area (Å²) in [5.74, 6) is 0.429. The Morgan fingerprint density at radius 1 is 1.23 bits per heavy atom. The third kappa shape index (κ3) is 4.47. The van der Waals surface area contributed by atoms with E-state index in [0.717, 1.165) is 24.1 Å². The zero-order chi connectivity index (χ0) is 19.3. The summed E-state index contributed by atoms with van der Waals surface area (Å²) in [6.45, 7) is 9.96. The molecule has 2 aromatic rings. The minimum absolute atomic E-state index is 0.0703. The Labute approximate surface area is 156 Å². The maximum absolute atomic E-state index is 13.0. The van der Waals surface area contributed by atoms with Gasteiger partial charge in [0, 0.05) is 11.7 Å². The number of hydrogen-bond donors (Lipinski definition) is 2. The number of amides is 2. The lowest BCUT2D eigenvalue weighted by Crippen LogP contribution is -2.49. The fourth-order valence-corrected chi connectivity index (χ4v) is 3.03. The molecule has 0 unspecified atom stereocenters. The van der Waals surface area contributed by atoms with Gasteiger partial charge in [-0.3, -0.25) is 4.90 Å². The number of rotatable bonds is 7. The summed E-state index contributed by atoms with van der Waals surface area (Å²) in [5, 5.41) is 13.5. The van der Waals surface area contributed by atoms with Crippen LogP contribution in [0.2, 0.25) is 0 Å². The molecule has 26 heavy (non-hydrogen) atoms. The molecule has 1 heterocycles. The van der Waals surface area contributed by atoms with E-state index in [4.69, 9.17) is 4.42 Å². The maximum atomic E-state index is 13.0. The van der Waals surface area contributed by atoms with Gasteiger partial charge in [0.1, 0.15) is 11.4 Å². The summed E-state index contributed by atoms with van der Waals surface area (Å²) in [6.07, 6.45) is 3.22. The van der Waals surface area contributed by atoms with Gasteiger partial charge in [0.15, 0.2) is 0 Å². The van der Waals surface area contributed by atoms with Crippen LogP contribution in [-0.4, -0.2) is 23.7 Å². The first-order chi connectivity index (χ1) is 12.3. The smallest absolute Gasteiger partial charge is 0.322 e. The first-order valence-electron chi connectivity index (χ1n) is 9.20.